The molecule has 29 heavy (non-hydrogen) atoms. The van der Waals surface area contributed by atoms with E-state index >= 15 is 0 Å². The number of aromatic nitrogens is 2. The molecule has 1 fully saturated rings. The molecule has 3 heterocycles. The van der Waals surface area contributed by atoms with Crippen molar-refractivity contribution in [1.82, 2.24) is 14.5 Å². The Morgan fingerprint density at radius 2 is 1.79 bits per heavy atom. The molecule has 8 nitrogen and oxygen atoms in total. The van der Waals surface area contributed by atoms with Crippen LogP contribution in [0.4, 0.5) is 10.8 Å². The highest BCUT2D eigenvalue weighted by Crippen LogP contribution is 2.26. The third kappa shape index (κ3) is 4.32. The molecule has 0 bridgehead atoms. The first-order chi connectivity index (χ1) is 13.9. The van der Waals surface area contributed by atoms with E-state index in [-0.39, 0.29) is 15.4 Å². The monoisotopic (exact) mass is 449 g/mol. The number of thiophene rings is 1. The Hall–Kier alpha value is -2.34. The Morgan fingerprint density at radius 3 is 2.45 bits per heavy atom. The minimum Gasteiger partial charge on any atom is -0.369 e. The summed E-state index contributed by atoms with van der Waals surface area (Å²) in [5, 5.41) is 12.2. The Bertz CT molecular complexity index is 1090. The van der Waals surface area contributed by atoms with Crippen LogP contribution in [0.25, 0.3) is 0 Å². The smallest absolute Gasteiger partial charge is 0.272 e. The van der Waals surface area contributed by atoms with Crippen LogP contribution >= 0.6 is 22.7 Å². The number of carbonyl (C=O) groups excluding carboxylic acids is 1. The van der Waals surface area contributed by atoms with E-state index in [0.717, 1.165) is 17.0 Å². The van der Waals surface area contributed by atoms with Crippen LogP contribution in [0.2, 0.25) is 0 Å². The van der Waals surface area contributed by atoms with Gasteiger partial charge < -0.3 is 4.90 Å². The van der Waals surface area contributed by atoms with Crippen LogP contribution in [-0.4, -0.2) is 55.0 Å². The molecule has 1 aliphatic rings. The van der Waals surface area contributed by atoms with Gasteiger partial charge in [-0.25, -0.2) is 8.42 Å². The molecule has 1 N–H and O–H groups in total. The first-order valence-electron chi connectivity index (χ1n) is 8.93. The van der Waals surface area contributed by atoms with Crippen LogP contribution in [0, 0.1) is 6.92 Å². The van der Waals surface area contributed by atoms with Gasteiger partial charge in [-0.1, -0.05) is 35.1 Å². The third-order valence-corrected chi connectivity index (χ3v) is 8.52. The van der Waals surface area contributed by atoms with Crippen LogP contribution in [0.5, 0.6) is 0 Å². The van der Waals surface area contributed by atoms with Gasteiger partial charge in [0.2, 0.25) is 9.47 Å². The van der Waals surface area contributed by atoms with E-state index in [4.69, 9.17) is 0 Å². The highest BCUT2D eigenvalue weighted by atomic mass is 32.2. The van der Waals surface area contributed by atoms with Crippen molar-refractivity contribution in [3.63, 3.8) is 0 Å². The molecular formula is C18H19N5O3S3. The number of nitrogens with one attached hydrogen (secondary N) is 1. The fraction of sp³-hybridized carbons (Fsp3) is 0.278. The Balaban J connectivity index is 1.41. The Morgan fingerprint density at radius 1 is 1.07 bits per heavy atom. The second-order valence-electron chi connectivity index (χ2n) is 6.53. The molecule has 1 saturated heterocycles. The van der Waals surface area contributed by atoms with Crippen molar-refractivity contribution in [2.45, 2.75) is 11.3 Å². The lowest BCUT2D eigenvalue weighted by molar-refractivity contribution is 0.103. The van der Waals surface area contributed by atoms with Crippen LogP contribution in [-0.2, 0) is 10.0 Å². The predicted molar refractivity (Wildman–Crippen MR) is 114 cm³/mol. The summed E-state index contributed by atoms with van der Waals surface area (Å²) in [5.74, 6) is -0.327. The van der Waals surface area contributed by atoms with Gasteiger partial charge in [-0.2, -0.15) is 4.31 Å². The van der Waals surface area contributed by atoms with Gasteiger partial charge in [-0.15, -0.1) is 21.5 Å². The average molecular weight is 450 g/mol. The number of piperazine rings is 1. The lowest BCUT2D eigenvalue weighted by Crippen LogP contribution is -2.48. The molecule has 0 atom stereocenters. The molecule has 0 spiro atoms. The zero-order chi connectivity index (χ0) is 20.4. The molecule has 0 unspecified atom stereocenters. The van der Waals surface area contributed by atoms with Gasteiger partial charge in [-0.3, -0.25) is 10.1 Å². The van der Waals surface area contributed by atoms with Crippen molar-refractivity contribution >= 4 is 49.4 Å². The second kappa shape index (κ2) is 8.19. The molecular weight excluding hydrogens is 430 g/mol. The van der Waals surface area contributed by atoms with E-state index in [1.54, 1.807) is 17.5 Å². The molecule has 1 amide bonds. The van der Waals surface area contributed by atoms with Gasteiger partial charge in [0.15, 0.2) is 0 Å². The maximum Gasteiger partial charge on any atom is 0.272 e. The number of hydrogen-bond acceptors (Lipinski definition) is 8. The largest absolute Gasteiger partial charge is 0.369 e. The molecule has 0 saturated carbocycles. The number of nitrogens with zero attached hydrogens (tertiary/aromatic N) is 4. The summed E-state index contributed by atoms with van der Waals surface area (Å²) in [5.41, 5.74) is 2.27. The number of hydrogen-bond donors (Lipinski definition) is 1. The normalized spacial score (nSPS) is 15.4. The summed E-state index contributed by atoms with van der Waals surface area (Å²) in [7, 11) is -3.74. The Kier molecular flexibility index (Phi) is 5.63. The first-order valence-corrected chi connectivity index (χ1v) is 12.1. The van der Waals surface area contributed by atoms with E-state index in [2.05, 4.69) is 20.4 Å². The molecule has 2 aromatic heterocycles. The summed E-state index contributed by atoms with van der Waals surface area (Å²) in [6, 6.07) is 11.6. The number of rotatable bonds is 5. The standard InChI is InChI=1S/C18H19N5O3S3/c1-13-4-6-14(7-5-13)22-8-10-23(11-9-22)29(25,26)18-21-20-17(28-18)19-16(24)15-3-2-12-27-15/h2-7,12H,8-11H2,1H3,(H,19,20,24). The lowest BCUT2D eigenvalue weighted by atomic mass is 10.2. The highest BCUT2D eigenvalue weighted by Gasteiger charge is 2.32. The fourth-order valence-electron chi connectivity index (χ4n) is 2.98. The molecule has 0 aliphatic carbocycles. The lowest BCUT2D eigenvalue weighted by Gasteiger charge is -2.34. The number of sulfonamides is 1. The highest BCUT2D eigenvalue weighted by molar-refractivity contribution is 7.91. The van der Waals surface area contributed by atoms with Gasteiger partial charge in [0.05, 0.1) is 4.88 Å². The van der Waals surface area contributed by atoms with Crippen LogP contribution in [0.1, 0.15) is 15.2 Å². The SMILES string of the molecule is Cc1ccc(N2CCN(S(=O)(=O)c3nnc(NC(=O)c4cccs4)s3)CC2)cc1. The van der Waals surface area contributed by atoms with Gasteiger partial charge in [0, 0.05) is 31.9 Å². The van der Waals surface area contributed by atoms with Gasteiger partial charge in [-0.05, 0) is 30.5 Å². The number of carbonyl (C=O) groups is 1. The van der Waals surface area contributed by atoms with Gasteiger partial charge in [0.25, 0.3) is 15.9 Å². The summed E-state index contributed by atoms with van der Waals surface area (Å²) in [6.07, 6.45) is 0. The zero-order valence-corrected chi connectivity index (χ0v) is 18.1. The molecule has 3 aromatic rings. The fourth-order valence-corrected chi connectivity index (χ4v) is 6.06. The van der Waals surface area contributed by atoms with Crippen LogP contribution < -0.4 is 10.2 Å². The van der Waals surface area contributed by atoms with E-state index in [9.17, 15) is 13.2 Å². The minimum absolute atomic E-state index is 0.109. The minimum atomic E-state index is -3.74. The molecule has 1 aromatic carbocycles. The molecule has 152 valence electrons. The Labute approximate surface area is 176 Å². The molecule has 0 radical (unpaired) electrons. The number of anilines is 2. The predicted octanol–water partition coefficient (Wildman–Crippen LogP) is 2.67. The second-order valence-corrected chi connectivity index (χ2v) is 10.6. The average Bonchev–Trinajstić information content (AvgIpc) is 3.41. The van der Waals surface area contributed by atoms with Crippen molar-refractivity contribution in [1.29, 1.82) is 0 Å². The summed E-state index contributed by atoms with van der Waals surface area (Å²) >= 11 is 2.16. The van der Waals surface area contributed by atoms with Crippen LogP contribution in [0.3, 0.4) is 0 Å². The van der Waals surface area contributed by atoms with Crippen molar-refractivity contribution < 1.29 is 13.2 Å². The number of benzene rings is 1. The summed E-state index contributed by atoms with van der Waals surface area (Å²) < 4.78 is 27.1. The van der Waals surface area contributed by atoms with Crippen LogP contribution in [0.15, 0.2) is 46.1 Å². The topological polar surface area (TPSA) is 95.5 Å². The molecule has 4 rings (SSSR count). The third-order valence-electron chi connectivity index (χ3n) is 4.57. The van der Waals surface area contributed by atoms with E-state index < -0.39 is 10.0 Å². The van der Waals surface area contributed by atoms with Crippen molar-refractivity contribution in [3.05, 3.63) is 52.2 Å². The van der Waals surface area contributed by atoms with Crippen molar-refractivity contribution in [2.75, 3.05) is 36.4 Å². The zero-order valence-electron chi connectivity index (χ0n) is 15.6. The quantitative estimate of drug-likeness (QED) is 0.602. The number of amides is 1. The van der Waals surface area contributed by atoms with Crippen molar-refractivity contribution in [2.24, 2.45) is 0 Å². The van der Waals surface area contributed by atoms with Gasteiger partial charge in [0.1, 0.15) is 0 Å². The maximum absolute atomic E-state index is 12.9. The summed E-state index contributed by atoms with van der Waals surface area (Å²) in [6.45, 7) is 3.97. The van der Waals surface area contributed by atoms with E-state index in [1.807, 2.05) is 31.2 Å². The number of aryl methyl sites for hydroxylation is 1. The van der Waals surface area contributed by atoms with Crippen molar-refractivity contribution in [3.8, 4) is 0 Å². The summed E-state index contributed by atoms with van der Waals surface area (Å²) in [4.78, 5) is 14.8. The molecule has 1 aliphatic heterocycles. The first kappa shape index (κ1) is 20.0. The van der Waals surface area contributed by atoms with E-state index in [1.165, 1.54) is 21.2 Å². The maximum atomic E-state index is 12.9. The molecule has 11 heteroatoms. The van der Waals surface area contributed by atoms with E-state index in [0.29, 0.717) is 31.1 Å². The van der Waals surface area contributed by atoms with Gasteiger partial charge >= 0.3 is 0 Å².